The molecule has 0 spiro atoms. The highest BCUT2D eigenvalue weighted by atomic mass is 35.5. The molecular formula is C27H27Cl2N7O3. The number of halogens is 2. The molecule has 12 heteroatoms. The number of carbonyl (C=O) groups is 1. The number of hydrogen-bond donors (Lipinski definition) is 2. The number of amides is 1. The van der Waals surface area contributed by atoms with Crippen LogP contribution in [0.25, 0.3) is 11.1 Å². The second kappa shape index (κ2) is 12.6. The van der Waals surface area contributed by atoms with Gasteiger partial charge in [-0.05, 0) is 55.3 Å². The Bertz CT molecular complexity index is 1480. The predicted molar refractivity (Wildman–Crippen MR) is 153 cm³/mol. The molecule has 0 saturated heterocycles. The summed E-state index contributed by atoms with van der Waals surface area (Å²) in [4.78, 5) is 34.2. The third-order valence-corrected chi connectivity index (χ3v) is 6.71. The second-order valence-electron chi connectivity index (χ2n) is 8.71. The minimum atomic E-state index is -0.574. The summed E-state index contributed by atoms with van der Waals surface area (Å²) in [5.74, 6) is 0.157. The Balaban J connectivity index is 1.56. The van der Waals surface area contributed by atoms with Crippen molar-refractivity contribution in [2.75, 3.05) is 24.1 Å². The first kappa shape index (κ1) is 27.9. The van der Waals surface area contributed by atoms with Gasteiger partial charge < -0.3 is 20.5 Å². The van der Waals surface area contributed by atoms with Crippen molar-refractivity contribution in [3.8, 4) is 11.1 Å². The minimum Gasteiger partial charge on any atom is -0.378 e. The summed E-state index contributed by atoms with van der Waals surface area (Å²) in [6.07, 6.45) is 5.92. The van der Waals surface area contributed by atoms with Gasteiger partial charge in [0.25, 0.3) is 5.91 Å². The van der Waals surface area contributed by atoms with Crippen LogP contribution >= 0.6 is 23.2 Å². The molecule has 0 unspecified atom stereocenters. The van der Waals surface area contributed by atoms with E-state index in [4.69, 9.17) is 28.9 Å². The van der Waals surface area contributed by atoms with Gasteiger partial charge >= 0.3 is 5.69 Å². The summed E-state index contributed by atoms with van der Waals surface area (Å²) >= 11 is 12.7. The molecule has 1 aromatic carbocycles. The van der Waals surface area contributed by atoms with E-state index in [1.54, 1.807) is 29.4 Å². The number of nitrogen functional groups attached to an aromatic ring is 1. The highest BCUT2D eigenvalue weighted by molar-refractivity contribution is 6.36. The fraction of sp³-hybridized carbons (Fsp3) is 0.222. The van der Waals surface area contributed by atoms with Crippen molar-refractivity contribution in [2.24, 2.45) is 0 Å². The third kappa shape index (κ3) is 6.65. The van der Waals surface area contributed by atoms with Crippen LogP contribution in [0.5, 0.6) is 0 Å². The molecular weight excluding hydrogens is 541 g/mol. The number of nitrogens with zero attached hydrogens (tertiary/aromatic N) is 5. The van der Waals surface area contributed by atoms with Gasteiger partial charge in [0.05, 0.1) is 4.92 Å². The molecule has 10 nitrogen and oxygen atoms in total. The molecule has 202 valence electrons. The van der Waals surface area contributed by atoms with Gasteiger partial charge in [0.15, 0.2) is 0 Å². The Labute approximate surface area is 235 Å². The van der Waals surface area contributed by atoms with Gasteiger partial charge in [-0.1, -0.05) is 29.3 Å². The van der Waals surface area contributed by atoms with Crippen LogP contribution in [0.15, 0.2) is 67.1 Å². The van der Waals surface area contributed by atoms with E-state index >= 15 is 0 Å². The number of aryl methyl sites for hydroxylation is 1. The maximum atomic E-state index is 13.9. The largest absolute Gasteiger partial charge is 0.378 e. The van der Waals surface area contributed by atoms with Crippen LogP contribution < -0.4 is 11.1 Å². The van der Waals surface area contributed by atoms with Crippen molar-refractivity contribution in [3.05, 3.63) is 98.5 Å². The third-order valence-electron chi connectivity index (χ3n) is 6.16. The van der Waals surface area contributed by atoms with E-state index in [0.29, 0.717) is 65.3 Å². The number of nitrogens with one attached hydrogen (secondary N) is 1. The van der Waals surface area contributed by atoms with Crippen molar-refractivity contribution in [3.63, 3.8) is 0 Å². The average molecular weight is 568 g/mol. The zero-order chi connectivity index (χ0) is 27.9. The van der Waals surface area contributed by atoms with Crippen LogP contribution in [-0.4, -0.2) is 43.4 Å². The van der Waals surface area contributed by atoms with Crippen molar-refractivity contribution >= 4 is 46.4 Å². The minimum absolute atomic E-state index is 0.127. The van der Waals surface area contributed by atoms with E-state index in [-0.39, 0.29) is 17.4 Å². The molecule has 0 fully saturated rings. The van der Waals surface area contributed by atoms with Crippen molar-refractivity contribution in [2.45, 2.75) is 26.4 Å². The van der Waals surface area contributed by atoms with Gasteiger partial charge in [-0.3, -0.25) is 19.9 Å². The molecule has 4 rings (SSSR count). The van der Waals surface area contributed by atoms with Gasteiger partial charge in [0, 0.05) is 72.0 Å². The van der Waals surface area contributed by atoms with E-state index in [0.717, 1.165) is 5.56 Å². The van der Waals surface area contributed by atoms with Gasteiger partial charge in [-0.25, -0.2) is 4.98 Å². The van der Waals surface area contributed by atoms with E-state index in [1.165, 1.54) is 12.1 Å². The first-order valence-electron chi connectivity index (χ1n) is 12.3. The van der Waals surface area contributed by atoms with Crippen LogP contribution in [0.4, 0.5) is 17.3 Å². The van der Waals surface area contributed by atoms with Gasteiger partial charge in [-0.15, -0.1) is 0 Å². The van der Waals surface area contributed by atoms with Crippen molar-refractivity contribution in [1.29, 1.82) is 0 Å². The molecule has 39 heavy (non-hydrogen) atoms. The summed E-state index contributed by atoms with van der Waals surface area (Å²) in [6.45, 7) is 3.91. The lowest BCUT2D eigenvalue weighted by Crippen LogP contribution is -2.32. The first-order chi connectivity index (χ1) is 18.8. The molecule has 0 aliphatic heterocycles. The average Bonchev–Trinajstić information content (AvgIpc) is 3.33. The number of benzene rings is 1. The zero-order valence-corrected chi connectivity index (χ0v) is 22.7. The summed E-state index contributed by atoms with van der Waals surface area (Å²) in [6, 6.07) is 13.7. The standard InChI is InChI=1S/C27H27Cl2N7O3/c1-2-34(17-18-8-12-31-13-9-18)27(37)25-21(20-5-4-19(28)16-22(20)29)10-15-35(25)14-3-11-32-24-7-6-23(36(38)39)26(30)33-24/h4-10,12-13,15-16H,2-3,11,14,17H2,1H3,(H3,30,32,33). The highest BCUT2D eigenvalue weighted by Gasteiger charge is 2.24. The number of anilines is 2. The molecule has 0 aliphatic rings. The maximum Gasteiger partial charge on any atom is 0.311 e. The van der Waals surface area contributed by atoms with E-state index in [2.05, 4.69) is 15.3 Å². The van der Waals surface area contributed by atoms with E-state index in [9.17, 15) is 14.9 Å². The summed E-state index contributed by atoms with van der Waals surface area (Å²) in [5.41, 5.74) is 8.37. The maximum absolute atomic E-state index is 13.9. The number of nitro groups is 1. The highest BCUT2D eigenvalue weighted by Crippen LogP contribution is 2.34. The van der Waals surface area contributed by atoms with Crippen molar-refractivity contribution < 1.29 is 9.72 Å². The molecule has 0 aliphatic carbocycles. The zero-order valence-electron chi connectivity index (χ0n) is 21.2. The molecule has 1 amide bonds. The lowest BCUT2D eigenvalue weighted by molar-refractivity contribution is -0.384. The Morgan fingerprint density at radius 2 is 1.90 bits per heavy atom. The number of nitrogens with two attached hydrogens (primary N) is 1. The predicted octanol–water partition coefficient (Wildman–Crippen LogP) is 5.91. The Hall–Kier alpha value is -4.15. The molecule has 0 atom stereocenters. The fourth-order valence-corrected chi connectivity index (χ4v) is 4.70. The van der Waals surface area contributed by atoms with Crippen LogP contribution in [0.1, 0.15) is 29.4 Å². The van der Waals surface area contributed by atoms with Gasteiger partial charge in [0.1, 0.15) is 11.5 Å². The monoisotopic (exact) mass is 567 g/mol. The SMILES string of the molecule is CCN(Cc1ccncc1)C(=O)c1c(-c2ccc(Cl)cc2Cl)ccn1CCCNc1ccc([N+](=O)[O-])c(N)n1. The number of rotatable bonds is 11. The molecule has 3 N–H and O–H groups in total. The van der Waals surface area contributed by atoms with Crippen molar-refractivity contribution in [1.82, 2.24) is 19.4 Å². The summed E-state index contributed by atoms with van der Waals surface area (Å²) < 4.78 is 1.91. The van der Waals surface area contributed by atoms with Crippen LogP contribution in [-0.2, 0) is 13.1 Å². The lowest BCUT2D eigenvalue weighted by Gasteiger charge is -2.23. The normalized spacial score (nSPS) is 10.8. The number of carbonyl (C=O) groups excluding carboxylic acids is 1. The fourth-order valence-electron chi connectivity index (χ4n) is 4.19. The number of pyridine rings is 2. The molecule has 3 aromatic heterocycles. The lowest BCUT2D eigenvalue weighted by atomic mass is 10.0. The Kier molecular flexibility index (Phi) is 9.00. The first-order valence-corrected chi connectivity index (χ1v) is 13.0. The van der Waals surface area contributed by atoms with E-state index in [1.807, 2.05) is 42.0 Å². The number of hydrogen-bond acceptors (Lipinski definition) is 7. The molecule has 0 saturated carbocycles. The molecule has 4 aromatic rings. The van der Waals surface area contributed by atoms with Crippen LogP contribution in [0.3, 0.4) is 0 Å². The summed E-state index contributed by atoms with van der Waals surface area (Å²) in [5, 5.41) is 15.1. The molecule has 0 radical (unpaired) electrons. The van der Waals surface area contributed by atoms with Crippen LogP contribution in [0, 0.1) is 10.1 Å². The topological polar surface area (TPSA) is 132 Å². The summed E-state index contributed by atoms with van der Waals surface area (Å²) in [7, 11) is 0. The molecule has 0 bridgehead atoms. The number of aromatic nitrogens is 3. The van der Waals surface area contributed by atoms with Crippen LogP contribution in [0.2, 0.25) is 10.0 Å². The molecule has 3 heterocycles. The Morgan fingerprint density at radius 3 is 2.56 bits per heavy atom. The quantitative estimate of drug-likeness (QED) is 0.131. The second-order valence-corrected chi connectivity index (χ2v) is 9.55. The smallest absolute Gasteiger partial charge is 0.311 e. The Morgan fingerprint density at radius 1 is 1.13 bits per heavy atom. The van der Waals surface area contributed by atoms with Gasteiger partial charge in [0.2, 0.25) is 5.82 Å². The van der Waals surface area contributed by atoms with E-state index < -0.39 is 4.92 Å². The van der Waals surface area contributed by atoms with Gasteiger partial charge in [-0.2, -0.15) is 0 Å².